The molecule has 0 radical (unpaired) electrons. The van der Waals surface area contributed by atoms with E-state index in [0.29, 0.717) is 12.2 Å². The van der Waals surface area contributed by atoms with Crippen molar-refractivity contribution in [2.45, 2.75) is 6.42 Å². The summed E-state index contributed by atoms with van der Waals surface area (Å²) in [6.45, 7) is 0.146. The smallest absolute Gasteiger partial charge is 0.220 e. The molecule has 0 heterocycles. The van der Waals surface area contributed by atoms with Crippen LogP contribution in [-0.4, -0.2) is 50.8 Å². The van der Waals surface area contributed by atoms with Gasteiger partial charge in [-0.2, -0.15) is 12.6 Å². The Bertz CT molecular complexity index is 275. The van der Waals surface area contributed by atoms with E-state index in [1.165, 1.54) is 14.1 Å². The van der Waals surface area contributed by atoms with Crippen molar-refractivity contribution in [1.82, 2.24) is 9.62 Å². The third-order valence-electron chi connectivity index (χ3n) is 1.58. The van der Waals surface area contributed by atoms with E-state index in [9.17, 15) is 13.2 Å². The van der Waals surface area contributed by atoms with Crippen LogP contribution in [0.5, 0.6) is 0 Å². The first kappa shape index (κ1) is 13.7. The molecule has 0 rings (SSSR count). The van der Waals surface area contributed by atoms with Gasteiger partial charge in [-0.25, -0.2) is 12.7 Å². The van der Waals surface area contributed by atoms with Crippen LogP contribution in [0, 0.1) is 0 Å². The fourth-order valence-electron chi connectivity index (χ4n) is 0.692. The Labute approximate surface area is 90.3 Å². The largest absolute Gasteiger partial charge is 0.355 e. The fraction of sp³-hybridized carbons (Fsp3) is 0.857. The van der Waals surface area contributed by atoms with E-state index in [1.807, 2.05) is 0 Å². The minimum absolute atomic E-state index is 0.0711. The number of hydrogen-bond donors (Lipinski definition) is 2. The van der Waals surface area contributed by atoms with Gasteiger partial charge >= 0.3 is 0 Å². The fourth-order valence-corrected chi connectivity index (χ4v) is 1.62. The second-order valence-corrected chi connectivity index (χ2v) is 5.67. The van der Waals surface area contributed by atoms with Crippen LogP contribution in [0.2, 0.25) is 0 Å². The Kier molecular flexibility index (Phi) is 6.14. The van der Waals surface area contributed by atoms with Crippen molar-refractivity contribution in [3.05, 3.63) is 0 Å². The van der Waals surface area contributed by atoms with Gasteiger partial charge in [-0.05, 0) is 5.75 Å². The summed E-state index contributed by atoms with van der Waals surface area (Å²) in [5.74, 6) is 0.221. The minimum atomic E-state index is -3.21. The van der Waals surface area contributed by atoms with Gasteiger partial charge < -0.3 is 5.32 Å². The summed E-state index contributed by atoms with van der Waals surface area (Å²) >= 11 is 3.88. The molecule has 5 nitrogen and oxygen atoms in total. The first-order valence-electron chi connectivity index (χ1n) is 4.18. The number of amides is 1. The normalized spacial score (nSPS) is 11.7. The summed E-state index contributed by atoms with van der Waals surface area (Å²) in [5.41, 5.74) is 0. The highest BCUT2D eigenvalue weighted by Crippen LogP contribution is 1.92. The molecule has 0 aliphatic rings. The van der Waals surface area contributed by atoms with E-state index in [2.05, 4.69) is 17.9 Å². The van der Waals surface area contributed by atoms with E-state index >= 15 is 0 Å². The Morgan fingerprint density at radius 3 is 2.43 bits per heavy atom. The van der Waals surface area contributed by atoms with Gasteiger partial charge in [-0.3, -0.25) is 4.79 Å². The summed E-state index contributed by atoms with van der Waals surface area (Å²) in [7, 11) is -0.283. The molecular weight excluding hydrogens is 224 g/mol. The Morgan fingerprint density at radius 1 is 1.43 bits per heavy atom. The topological polar surface area (TPSA) is 66.5 Å². The third-order valence-corrected chi connectivity index (χ3v) is 3.63. The van der Waals surface area contributed by atoms with Crippen LogP contribution < -0.4 is 5.32 Å². The van der Waals surface area contributed by atoms with E-state index in [-0.39, 0.29) is 18.2 Å². The highest BCUT2D eigenvalue weighted by atomic mass is 32.2. The number of nitrogens with zero attached hydrogens (tertiary/aromatic N) is 1. The zero-order valence-electron chi connectivity index (χ0n) is 8.36. The summed E-state index contributed by atoms with van der Waals surface area (Å²) in [6, 6.07) is 0. The molecule has 1 amide bonds. The molecular formula is C7H16N2O3S2. The van der Waals surface area contributed by atoms with Gasteiger partial charge in [-0.15, -0.1) is 0 Å². The molecule has 0 bridgehead atoms. The molecule has 0 aromatic heterocycles. The maximum Gasteiger partial charge on any atom is 0.220 e. The Morgan fingerprint density at radius 2 is 2.00 bits per heavy atom. The predicted octanol–water partition coefficient (Wildman–Crippen LogP) is -0.686. The summed E-state index contributed by atoms with van der Waals surface area (Å²) in [4.78, 5) is 10.9. The van der Waals surface area contributed by atoms with E-state index in [4.69, 9.17) is 0 Å². The first-order chi connectivity index (χ1) is 6.40. The van der Waals surface area contributed by atoms with Gasteiger partial charge in [0.25, 0.3) is 0 Å². The number of hydrogen-bond acceptors (Lipinski definition) is 4. The molecule has 1 N–H and O–H groups in total. The number of rotatable bonds is 6. The molecule has 7 heteroatoms. The maximum absolute atomic E-state index is 11.2. The Hall–Kier alpha value is -0.270. The van der Waals surface area contributed by atoms with Crippen LogP contribution in [-0.2, 0) is 14.8 Å². The van der Waals surface area contributed by atoms with Crippen molar-refractivity contribution in [3.63, 3.8) is 0 Å². The van der Waals surface area contributed by atoms with Crippen molar-refractivity contribution in [3.8, 4) is 0 Å². The number of sulfonamides is 1. The number of thiol groups is 1. The lowest BCUT2D eigenvalue weighted by Gasteiger charge is -2.11. The lowest BCUT2D eigenvalue weighted by Crippen LogP contribution is -2.33. The number of nitrogens with one attached hydrogen (secondary N) is 1. The molecule has 0 saturated carbocycles. The van der Waals surface area contributed by atoms with Gasteiger partial charge in [0, 0.05) is 27.1 Å². The molecule has 0 aliphatic carbocycles. The number of carbonyl (C=O) groups is 1. The SMILES string of the molecule is CN(C)S(=O)(=O)CCNC(=O)CCS. The summed E-state index contributed by atoms with van der Waals surface area (Å²) in [5, 5.41) is 2.50. The van der Waals surface area contributed by atoms with Crippen molar-refractivity contribution in [2.24, 2.45) is 0 Å². The predicted molar refractivity (Wildman–Crippen MR) is 59.0 cm³/mol. The molecule has 0 aromatic carbocycles. The van der Waals surface area contributed by atoms with Crippen molar-refractivity contribution in [2.75, 3.05) is 32.1 Å². The second-order valence-electron chi connectivity index (χ2n) is 2.92. The van der Waals surface area contributed by atoms with Crippen LogP contribution in [0.25, 0.3) is 0 Å². The van der Waals surface area contributed by atoms with Crippen LogP contribution in [0.1, 0.15) is 6.42 Å². The molecule has 0 aromatic rings. The average Bonchev–Trinajstić information content (AvgIpc) is 2.04. The van der Waals surface area contributed by atoms with Gasteiger partial charge in [0.2, 0.25) is 15.9 Å². The molecule has 14 heavy (non-hydrogen) atoms. The second kappa shape index (κ2) is 6.26. The maximum atomic E-state index is 11.2. The first-order valence-corrected chi connectivity index (χ1v) is 6.42. The molecule has 0 atom stereocenters. The zero-order chi connectivity index (χ0) is 11.2. The van der Waals surface area contributed by atoms with Crippen LogP contribution in [0.4, 0.5) is 0 Å². The van der Waals surface area contributed by atoms with Crippen LogP contribution in [0.3, 0.4) is 0 Å². The Balaban J connectivity index is 3.80. The van der Waals surface area contributed by atoms with Gasteiger partial charge in [0.15, 0.2) is 0 Å². The zero-order valence-corrected chi connectivity index (χ0v) is 10.1. The van der Waals surface area contributed by atoms with E-state index < -0.39 is 10.0 Å². The summed E-state index contributed by atoms with van der Waals surface area (Å²) in [6.07, 6.45) is 0.311. The van der Waals surface area contributed by atoms with Crippen molar-refractivity contribution >= 4 is 28.6 Å². The highest BCUT2D eigenvalue weighted by Gasteiger charge is 2.13. The quantitative estimate of drug-likeness (QED) is 0.604. The molecule has 0 saturated heterocycles. The monoisotopic (exact) mass is 240 g/mol. The van der Waals surface area contributed by atoms with Gasteiger partial charge in [-0.1, -0.05) is 0 Å². The number of carbonyl (C=O) groups excluding carboxylic acids is 1. The van der Waals surface area contributed by atoms with Gasteiger partial charge in [0.1, 0.15) is 0 Å². The molecule has 0 unspecified atom stereocenters. The lowest BCUT2D eigenvalue weighted by molar-refractivity contribution is -0.120. The molecule has 0 aliphatic heterocycles. The van der Waals surface area contributed by atoms with Crippen molar-refractivity contribution in [1.29, 1.82) is 0 Å². The van der Waals surface area contributed by atoms with E-state index in [0.717, 1.165) is 4.31 Å². The van der Waals surface area contributed by atoms with Crippen molar-refractivity contribution < 1.29 is 13.2 Å². The minimum Gasteiger partial charge on any atom is -0.355 e. The highest BCUT2D eigenvalue weighted by molar-refractivity contribution is 7.89. The van der Waals surface area contributed by atoms with E-state index in [1.54, 1.807) is 0 Å². The molecule has 0 fully saturated rings. The summed E-state index contributed by atoms with van der Waals surface area (Å²) < 4.78 is 23.6. The van der Waals surface area contributed by atoms with Gasteiger partial charge in [0.05, 0.1) is 5.75 Å². The lowest BCUT2D eigenvalue weighted by atomic mass is 10.4. The molecule has 84 valence electrons. The average molecular weight is 240 g/mol. The standard InChI is InChI=1S/C7H16N2O3S2/c1-9(2)14(11,12)6-4-8-7(10)3-5-13/h13H,3-6H2,1-2H3,(H,8,10). The van der Waals surface area contributed by atoms with Crippen LogP contribution >= 0.6 is 12.6 Å². The third kappa shape index (κ3) is 5.46. The van der Waals surface area contributed by atoms with Crippen LogP contribution in [0.15, 0.2) is 0 Å². The molecule has 0 spiro atoms.